The van der Waals surface area contributed by atoms with E-state index in [0.29, 0.717) is 22.2 Å². The predicted molar refractivity (Wildman–Crippen MR) is 95.7 cm³/mol. The van der Waals surface area contributed by atoms with Crippen LogP contribution >= 0.6 is 11.6 Å². The van der Waals surface area contributed by atoms with Gasteiger partial charge in [0.2, 0.25) is 5.82 Å². The Labute approximate surface area is 159 Å². The number of hydrogen-bond donors (Lipinski definition) is 2. The summed E-state index contributed by atoms with van der Waals surface area (Å²) in [7, 11) is 0. The van der Waals surface area contributed by atoms with Crippen molar-refractivity contribution in [3.05, 3.63) is 71.0 Å². The summed E-state index contributed by atoms with van der Waals surface area (Å²) in [5.41, 5.74) is 4.94. The van der Waals surface area contributed by atoms with Gasteiger partial charge >= 0.3 is 0 Å². The van der Waals surface area contributed by atoms with Gasteiger partial charge in [-0.25, -0.2) is 0 Å². The van der Waals surface area contributed by atoms with Crippen molar-refractivity contribution >= 4 is 23.4 Å². The minimum absolute atomic E-state index is 0.124. The summed E-state index contributed by atoms with van der Waals surface area (Å²) in [6, 6.07) is 15.4. The molecule has 0 fully saturated rings. The van der Waals surface area contributed by atoms with Gasteiger partial charge in [0.15, 0.2) is 6.61 Å². The molecule has 3 rings (SSSR count). The van der Waals surface area contributed by atoms with E-state index in [4.69, 9.17) is 16.3 Å². The van der Waals surface area contributed by atoms with Crippen molar-refractivity contribution in [1.82, 2.24) is 31.1 Å². The van der Waals surface area contributed by atoms with Crippen molar-refractivity contribution in [3.8, 4) is 5.75 Å². The zero-order chi connectivity index (χ0) is 19.1. The first-order valence-electron chi connectivity index (χ1n) is 7.89. The Kier molecular flexibility index (Phi) is 5.95. The van der Waals surface area contributed by atoms with Crippen LogP contribution in [-0.2, 0) is 17.9 Å². The van der Waals surface area contributed by atoms with Crippen LogP contribution in [0.5, 0.6) is 5.75 Å². The third-order valence-electron chi connectivity index (χ3n) is 3.31. The molecule has 1 aromatic heterocycles. The first kappa shape index (κ1) is 18.3. The standard InChI is InChI=1S/C17H15ClN6O3/c18-13-8-6-12(7-9-13)17(26)21-20-16(25)10-24-22-15(19-23-24)11-27-14-4-2-1-3-5-14/h1-9H,10-11H2,(H,20,25)(H,21,26). The summed E-state index contributed by atoms with van der Waals surface area (Å²) >= 11 is 5.76. The summed E-state index contributed by atoms with van der Waals surface area (Å²) in [4.78, 5) is 24.9. The molecule has 0 saturated heterocycles. The first-order chi connectivity index (χ1) is 13.1. The Balaban J connectivity index is 1.45. The quantitative estimate of drug-likeness (QED) is 0.619. The molecule has 1 heterocycles. The summed E-state index contributed by atoms with van der Waals surface area (Å²) < 4.78 is 5.50. The van der Waals surface area contributed by atoms with E-state index in [1.807, 2.05) is 18.2 Å². The van der Waals surface area contributed by atoms with Crippen molar-refractivity contribution in [1.29, 1.82) is 0 Å². The zero-order valence-electron chi connectivity index (χ0n) is 14.0. The molecule has 0 spiro atoms. The highest BCUT2D eigenvalue weighted by molar-refractivity contribution is 6.30. The van der Waals surface area contributed by atoms with E-state index in [-0.39, 0.29) is 13.2 Å². The van der Waals surface area contributed by atoms with Crippen LogP contribution in [0.4, 0.5) is 0 Å². The SMILES string of the molecule is O=C(Cn1nnc(COc2ccccc2)n1)NNC(=O)c1ccc(Cl)cc1. The molecule has 0 atom stereocenters. The Morgan fingerprint density at radius 2 is 1.78 bits per heavy atom. The lowest BCUT2D eigenvalue weighted by Gasteiger charge is -2.06. The molecule has 138 valence electrons. The fourth-order valence-corrected chi connectivity index (χ4v) is 2.16. The van der Waals surface area contributed by atoms with Crippen molar-refractivity contribution in [2.45, 2.75) is 13.2 Å². The number of amides is 2. The van der Waals surface area contributed by atoms with Gasteiger partial charge in [0.25, 0.3) is 11.8 Å². The fourth-order valence-electron chi connectivity index (χ4n) is 2.03. The molecule has 0 aliphatic carbocycles. The topological polar surface area (TPSA) is 111 Å². The smallest absolute Gasteiger partial charge is 0.269 e. The maximum atomic E-state index is 11.9. The van der Waals surface area contributed by atoms with Crippen LogP contribution in [0.25, 0.3) is 0 Å². The number of tetrazole rings is 1. The van der Waals surface area contributed by atoms with Crippen molar-refractivity contribution < 1.29 is 14.3 Å². The monoisotopic (exact) mass is 386 g/mol. The molecule has 2 amide bonds. The number of hydrazine groups is 1. The third kappa shape index (κ3) is 5.51. The number of benzene rings is 2. The van der Waals surface area contributed by atoms with Gasteiger partial charge in [0.1, 0.15) is 12.3 Å². The first-order valence-corrected chi connectivity index (χ1v) is 8.27. The highest BCUT2D eigenvalue weighted by atomic mass is 35.5. The number of aromatic nitrogens is 4. The number of nitrogens with zero attached hydrogens (tertiary/aromatic N) is 4. The van der Waals surface area contributed by atoms with Crippen LogP contribution in [0.2, 0.25) is 5.02 Å². The molecule has 0 unspecified atom stereocenters. The van der Waals surface area contributed by atoms with Crippen LogP contribution in [0, 0.1) is 0 Å². The number of hydrogen-bond acceptors (Lipinski definition) is 6. The lowest BCUT2D eigenvalue weighted by Crippen LogP contribution is -2.43. The van der Waals surface area contributed by atoms with E-state index in [9.17, 15) is 9.59 Å². The minimum Gasteiger partial charge on any atom is -0.485 e. The van der Waals surface area contributed by atoms with Crippen molar-refractivity contribution in [2.24, 2.45) is 0 Å². The molecule has 9 nitrogen and oxygen atoms in total. The van der Waals surface area contributed by atoms with Gasteiger partial charge in [-0.15, -0.1) is 10.2 Å². The average Bonchev–Trinajstić information content (AvgIpc) is 3.13. The Bertz CT molecular complexity index is 914. The lowest BCUT2D eigenvalue weighted by atomic mass is 10.2. The molecule has 0 aliphatic heterocycles. The third-order valence-corrected chi connectivity index (χ3v) is 3.56. The van der Waals surface area contributed by atoms with Crippen LogP contribution < -0.4 is 15.6 Å². The molecule has 0 radical (unpaired) electrons. The van der Waals surface area contributed by atoms with Gasteiger partial charge in [-0.2, -0.15) is 4.80 Å². The number of carbonyl (C=O) groups is 2. The van der Waals surface area contributed by atoms with Gasteiger partial charge in [-0.1, -0.05) is 29.8 Å². The highest BCUT2D eigenvalue weighted by Crippen LogP contribution is 2.10. The van der Waals surface area contributed by atoms with Gasteiger partial charge in [0, 0.05) is 10.6 Å². The van der Waals surface area contributed by atoms with Gasteiger partial charge < -0.3 is 4.74 Å². The van der Waals surface area contributed by atoms with Crippen LogP contribution in [0.3, 0.4) is 0 Å². The van der Waals surface area contributed by atoms with E-state index in [1.165, 1.54) is 0 Å². The zero-order valence-corrected chi connectivity index (χ0v) is 14.8. The summed E-state index contributed by atoms with van der Waals surface area (Å²) in [6.45, 7) is -0.0851. The number of nitrogens with one attached hydrogen (secondary N) is 2. The van der Waals surface area contributed by atoms with Crippen molar-refractivity contribution in [2.75, 3.05) is 0 Å². The van der Waals surface area contributed by atoms with E-state index in [2.05, 4.69) is 26.3 Å². The number of halogens is 1. The Hall–Kier alpha value is -3.46. The molecule has 0 saturated carbocycles. The second kappa shape index (κ2) is 8.77. The van der Waals surface area contributed by atoms with E-state index >= 15 is 0 Å². The second-order valence-electron chi connectivity index (χ2n) is 5.35. The molecule has 10 heteroatoms. The molecule has 2 aromatic carbocycles. The van der Waals surface area contributed by atoms with E-state index in [0.717, 1.165) is 4.80 Å². The number of carbonyl (C=O) groups excluding carboxylic acids is 2. The summed E-state index contributed by atoms with van der Waals surface area (Å²) in [5.74, 6) is 0.0297. The fraction of sp³-hybridized carbons (Fsp3) is 0.118. The lowest BCUT2D eigenvalue weighted by molar-refractivity contribution is -0.122. The van der Waals surface area contributed by atoms with E-state index in [1.54, 1.807) is 36.4 Å². The number of para-hydroxylation sites is 1. The van der Waals surface area contributed by atoms with Crippen LogP contribution in [0.1, 0.15) is 16.2 Å². The second-order valence-corrected chi connectivity index (χ2v) is 5.78. The van der Waals surface area contributed by atoms with Gasteiger partial charge in [0.05, 0.1) is 0 Å². The summed E-state index contributed by atoms with van der Waals surface area (Å²) in [6.07, 6.45) is 0. The molecular formula is C17H15ClN6O3. The van der Waals surface area contributed by atoms with Crippen molar-refractivity contribution in [3.63, 3.8) is 0 Å². The Morgan fingerprint density at radius 3 is 2.52 bits per heavy atom. The highest BCUT2D eigenvalue weighted by Gasteiger charge is 2.10. The Morgan fingerprint density at radius 1 is 1.04 bits per heavy atom. The van der Waals surface area contributed by atoms with Crippen LogP contribution in [-0.4, -0.2) is 32.0 Å². The summed E-state index contributed by atoms with van der Waals surface area (Å²) in [5, 5.41) is 12.1. The maximum absolute atomic E-state index is 11.9. The molecule has 2 N–H and O–H groups in total. The average molecular weight is 387 g/mol. The predicted octanol–water partition coefficient (Wildman–Crippen LogP) is 1.37. The largest absolute Gasteiger partial charge is 0.485 e. The molecule has 0 aliphatic rings. The van der Waals surface area contributed by atoms with Gasteiger partial charge in [-0.05, 0) is 41.6 Å². The van der Waals surface area contributed by atoms with E-state index < -0.39 is 11.8 Å². The minimum atomic E-state index is -0.509. The normalized spacial score (nSPS) is 10.3. The molecule has 27 heavy (non-hydrogen) atoms. The molecular weight excluding hydrogens is 372 g/mol. The molecule has 0 bridgehead atoms. The molecule has 3 aromatic rings. The maximum Gasteiger partial charge on any atom is 0.269 e. The van der Waals surface area contributed by atoms with Gasteiger partial charge in [-0.3, -0.25) is 20.4 Å². The van der Waals surface area contributed by atoms with Crippen LogP contribution in [0.15, 0.2) is 54.6 Å². The number of rotatable bonds is 6. The number of ether oxygens (including phenoxy) is 1.